The minimum atomic E-state index is -0.890. The van der Waals surface area contributed by atoms with Gasteiger partial charge < -0.3 is 2.85 Å². The molecule has 0 N–H and O–H groups in total. The van der Waals surface area contributed by atoms with Gasteiger partial charge in [0, 0.05) is 0 Å². The van der Waals surface area contributed by atoms with E-state index in [-0.39, 0.29) is 2.85 Å². The largest absolute Gasteiger partial charge is 1.00 e. The fraction of sp³-hybridized carbons (Fsp3) is 0.429. The fourth-order valence-electron chi connectivity index (χ4n) is 0.730. The van der Waals surface area contributed by atoms with Gasteiger partial charge in [0.25, 0.3) is 0 Å². The summed E-state index contributed by atoms with van der Waals surface area (Å²) in [5, 5.41) is 4.86. The van der Waals surface area contributed by atoms with E-state index < -0.39 is 17.3 Å². The van der Waals surface area contributed by atoms with Crippen molar-refractivity contribution in [1.82, 2.24) is 0 Å². The number of hydrogen-bond donors (Lipinski definition) is 0. The molecule has 0 heterocycles. The Labute approximate surface area is 59.8 Å². The third-order valence-corrected chi connectivity index (χ3v) is 6.12. The van der Waals surface area contributed by atoms with Gasteiger partial charge in [-0.3, -0.25) is 0 Å². The van der Waals surface area contributed by atoms with Gasteiger partial charge in [0.2, 0.25) is 0 Å². The summed E-state index contributed by atoms with van der Waals surface area (Å²) >= 11 is -0.890. The maximum atomic E-state index is 2.43. The summed E-state index contributed by atoms with van der Waals surface area (Å²) in [4.78, 5) is 0. The first-order valence-corrected chi connectivity index (χ1v) is 10.1. The molecule has 8 heavy (non-hydrogen) atoms. The zero-order valence-corrected chi connectivity index (χ0v) is 8.28. The predicted octanol–water partition coefficient (Wildman–Crippen LogP) is 2.77. The quantitative estimate of drug-likeness (QED) is 0.693. The van der Waals surface area contributed by atoms with Crippen molar-refractivity contribution in [1.29, 1.82) is 0 Å². The second kappa shape index (κ2) is 2.64. The number of hydrogen-bond acceptors (Lipinski definition) is 0. The van der Waals surface area contributed by atoms with E-state index in [0.717, 1.165) is 0 Å². The fourth-order valence-corrected chi connectivity index (χ4v) is 3.53. The molecular formula is C7H13W. The van der Waals surface area contributed by atoms with Crippen molar-refractivity contribution >= 4 is 0 Å². The van der Waals surface area contributed by atoms with Crippen LogP contribution >= 0.6 is 0 Å². The molecule has 1 heteroatoms. The Hall–Kier alpha value is 0.168. The van der Waals surface area contributed by atoms with Crippen LogP contribution in [-0.2, 0) is 17.3 Å². The smallest absolute Gasteiger partial charge is 1.00 e. The SMILES string of the molecule is [CH3][W+2]([CH3])[C]1=CC=CC1.[H-].[H-]. The summed E-state index contributed by atoms with van der Waals surface area (Å²) in [6.45, 7) is 0. The third-order valence-electron chi connectivity index (χ3n) is 1.26. The van der Waals surface area contributed by atoms with Gasteiger partial charge >= 0.3 is 56.5 Å². The van der Waals surface area contributed by atoms with Crippen molar-refractivity contribution in [2.45, 2.75) is 17.0 Å². The minimum Gasteiger partial charge on any atom is -1.00 e. The second-order valence-corrected chi connectivity index (χ2v) is 9.83. The normalized spacial score (nSPS) is 16.5. The summed E-state index contributed by atoms with van der Waals surface area (Å²) in [5.74, 6) is 0. The Bertz CT molecular complexity index is 139. The molecule has 1 aliphatic carbocycles. The average molecular weight is 281 g/mol. The van der Waals surface area contributed by atoms with Gasteiger partial charge in [-0.05, 0) is 0 Å². The molecule has 0 radical (unpaired) electrons. The molecule has 0 nitrogen and oxygen atoms in total. The van der Waals surface area contributed by atoms with E-state index >= 15 is 0 Å². The average Bonchev–Trinajstić information content (AvgIpc) is 2.12. The van der Waals surface area contributed by atoms with Gasteiger partial charge in [0.05, 0.1) is 0 Å². The molecule has 0 bridgehead atoms. The molecule has 0 spiro atoms. The van der Waals surface area contributed by atoms with E-state index in [4.69, 9.17) is 0 Å². The van der Waals surface area contributed by atoms with Crippen LogP contribution in [0.5, 0.6) is 0 Å². The standard InChI is InChI=1S/C5H5.2CH3.W.2H/c1-2-4-5-3-1;;;;;/h1-3H,4H2;2*1H3;;;/q;;;+2;2*-1. The van der Waals surface area contributed by atoms with Crippen LogP contribution in [0.1, 0.15) is 9.27 Å². The van der Waals surface area contributed by atoms with E-state index in [1.165, 1.54) is 6.42 Å². The van der Waals surface area contributed by atoms with E-state index in [1.54, 1.807) is 3.96 Å². The Balaban J connectivity index is 0. The zero-order valence-electron chi connectivity index (χ0n) is 7.35. The van der Waals surface area contributed by atoms with Crippen LogP contribution in [0.3, 0.4) is 0 Å². The molecule has 0 atom stereocenters. The van der Waals surface area contributed by atoms with Crippen LogP contribution < -0.4 is 0 Å². The number of rotatable bonds is 1. The predicted molar refractivity (Wildman–Crippen MR) is 35.8 cm³/mol. The zero-order chi connectivity index (χ0) is 5.98. The van der Waals surface area contributed by atoms with Gasteiger partial charge in [-0.2, -0.15) is 0 Å². The van der Waals surface area contributed by atoms with Crippen molar-refractivity contribution in [2.24, 2.45) is 0 Å². The molecule has 0 saturated heterocycles. The van der Waals surface area contributed by atoms with E-state index in [1.807, 2.05) is 0 Å². The van der Waals surface area contributed by atoms with Gasteiger partial charge in [-0.25, -0.2) is 0 Å². The molecule has 0 aliphatic heterocycles. The molecule has 0 aromatic heterocycles. The maximum absolute atomic E-state index is 2.43. The molecule has 0 aromatic carbocycles. The summed E-state index contributed by atoms with van der Waals surface area (Å²) < 4.78 is 1.75. The number of allylic oxidation sites excluding steroid dienone is 4. The van der Waals surface area contributed by atoms with Crippen LogP contribution in [0.2, 0.25) is 10.6 Å². The van der Waals surface area contributed by atoms with E-state index in [0.29, 0.717) is 0 Å². The van der Waals surface area contributed by atoms with Crippen molar-refractivity contribution in [3.8, 4) is 0 Å². The van der Waals surface area contributed by atoms with Gasteiger partial charge in [0.1, 0.15) is 0 Å². The van der Waals surface area contributed by atoms with Crippen LogP contribution in [-0.4, -0.2) is 0 Å². The van der Waals surface area contributed by atoms with Crippen molar-refractivity contribution in [3.63, 3.8) is 0 Å². The Kier molecular flexibility index (Phi) is 2.07. The first-order valence-electron chi connectivity index (χ1n) is 2.74. The molecular weight excluding hydrogens is 268 g/mol. The summed E-state index contributed by atoms with van der Waals surface area (Å²) in [5.41, 5.74) is 0. The van der Waals surface area contributed by atoms with Gasteiger partial charge in [-0.15, -0.1) is 0 Å². The molecule has 0 unspecified atom stereocenters. The second-order valence-electron chi connectivity index (χ2n) is 2.08. The van der Waals surface area contributed by atoms with E-state index in [9.17, 15) is 0 Å². The molecule has 47 valence electrons. The molecule has 0 aromatic rings. The Morgan fingerprint density at radius 3 is 2.62 bits per heavy atom. The third kappa shape index (κ3) is 1.32. The molecule has 1 aliphatic rings. The van der Waals surface area contributed by atoms with Gasteiger partial charge in [-0.1, -0.05) is 0 Å². The Morgan fingerprint density at radius 1 is 1.62 bits per heavy atom. The summed E-state index contributed by atoms with van der Waals surface area (Å²) in [6, 6.07) is 0. The molecule has 0 amide bonds. The topological polar surface area (TPSA) is 0 Å². The first kappa shape index (κ1) is 6.29. The Morgan fingerprint density at radius 2 is 2.38 bits per heavy atom. The van der Waals surface area contributed by atoms with Crippen LogP contribution in [0.15, 0.2) is 22.2 Å². The van der Waals surface area contributed by atoms with Crippen LogP contribution in [0, 0.1) is 0 Å². The first-order chi connectivity index (χ1) is 3.80. The summed E-state index contributed by atoms with van der Waals surface area (Å²) in [7, 11) is 0. The van der Waals surface area contributed by atoms with Crippen molar-refractivity contribution < 1.29 is 20.2 Å². The van der Waals surface area contributed by atoms with Crippen LogP contribution in [0.25, 0.3) is 0 Å². The molecule has 0 saturated carbocycles. The van der Waals surface area contributed by atoms with Crippen molar-refractivity contribution in [3.05, 3.63) is 22.2 Å². The van der Waals surface area contributed by atoms with Gasteiger partial charge in [0.15, 0.2) is 0 Å². The van der Waals surface area contributed by atoms with Crippen LogP contribution in [0.4, 0.5) is 0 Å². The van der Waals surface area contributed by atoms with Crippen molar-refractivity contribution in [2.75, 3.05) is 0 Å². The monoisotopic (exact) mass is 281 g/mol. The summed E-state index contributed by atoms with van der Waals surface area (Å²) in [6.07, 6.45) is 8.00. The molecule has 0 fully saturated rings. The minimum absolute atomic E-state index is 0. The maximum Gasteiger partial charge on any atom is -1.00 e. The van der Waals surface area contributed by atoms with E-state index in [2.05, 4.69) is 28.9 Å². The molecule has 1 rings (SSSR count).